The van der Waals surface area contributed by atoms with Gasteiger partial charge in [-0.05, 0) is 50.7 Å². The molecule has 0 unspecified atom stereocenters. The van der Waals surface area contributed by atoms with Gasteiger partial charge in [0, 0.05) is 24.5 Å². The lowest BCUT2D eigenvalue weighted by Gasteiger charge is -2.39. The highest BCUT2D eigenvalue weighted by molar-refractivity contribution is 7.80. The van der Waals surface area contributed by atoms with Gasteiger partial charge >= 0.3 is 0 Å². The topological polar surface area (TPSA) is 35.6 Å². The zero-order valence-corrected chi connectivity index (χ0v) is 16.8. The highest BCUT2D eigenvalue weighted by Gasteiger charge is 2.35. The van der Waals surface area contributed by atoms with Crippen LogP contribution in [0.4, 0.5) is 5.69 Å². The Balaban J connectivity index is 2.15. The molecule has 1 N–H and O–H groups in total. The smallest absolute Gasteiger partial charge is 0.253 e. The summed E-state index contributed by atoms with van der Waals surface area (Å²) in [6, 6.07) is 19.7. The minimum absolute atomic E-state index is 0.0438. The minimum atomic E-state index is -0.258. The summed E-state index contributed by atoms with van der Waals surface area (Å²) in [5.41, 5.74) is 3.59. The quantitative estimate of drug-likeness (QED) is 0.787. The number of amides is 1. The number of hydrogen-bond donors (Lipinski definition) is 1. The molecule has 140 valence electrons. The second-order valence-corrected chi connectivity index (χ2v) is 6.83. The molecule has 0 fully saturated rings. The van der Waals surface area contributed by atoms with Gasteiger partial charge in [0.2, 0.25) is 0 Å². The average molecular weight is 380 g/mol. The van der Waals surface area contributed by atoms with Crippen LogP contribution in [0.5, 0.6) is 0 Å². The SMILES string of the molecule is CCN(CC)C(=O)C1=C(C)N(c2ccccc2)C(=S)N[C@@H]1c1ccccc1. The molecule has 0 radical (unpaired) electrons. The molecule has 2 aromatic carbocycles. The van der Waals surface area contributed by atoms with E-state index in [2.05, 4.69) is 5.32 Å². The van der Waals surface area contributed by atoms with Gasteiger partial charge in [0.25, 0.3) is 5.91 Å². The number of anilines is 1. The number of allylic oxidation sites excluding steroid dienone is 1. The van der Waals surface area contributed by atoms with E-state index in [1.165, 1.54) is 0 Å². The lowest BCUT2D eigenvalue weighted by atomic mass is 9.93. The number of likely N-dealkylation sites (N-methyl/N-ethyl adjacent to an activating group) is 1. The van der Waals surface area contributed by atoms with Crippen molar-refractivity contribution in [1.29, 1.82) is 0 Å². The van der Waals surface area contributed by atoms with Crippen LogP contribution in [0, 0.1) is 0 Å². The highest BCUT2D eigenvalue weighted by atomic mass is 32.1. The van der Waals surface area contributed by atoms with Gasteiger partial charge in [-0.3, -0.25) is 9.69 Å². The van der Waals surface area contributed by atoms with Crippen LogP contribution in [0.3, 0.4) is 0 Å². The van der Waals surface area contributed by atoms with E-state index in [1.54, 1.807) is 0 Å². The van der Waals surface area contributed by atoms with Crippen molar-refractivity contribution in [2.45, 2.75) is 26.8 Å². The molecule has 4 nitrogen and oxygen atoms in total. The van der Waals surface area contributed by atoms with Crippen LogP contribution in [0.25, 0.3) is 0 Å². The fourth-order valence-corrected chi connectivity index (χ4v) is 3.84. The van der Waals surface area contributed by atoms with Crippen molar-refractivity contribution in [3.8, 4) is 0 Å². The van der Waals surface area contributed by atoms with Gasteiger partial charge in [0.1, 0.15) is 0 Å². The van der Waals surface area contributed by atoms with E-state index < -0.39 is 0 Å². The maximum absolute atomic E-state index is 13.4. The Kier molecular flexibility index (Phi) is 5.91. The summed E-state index contributed by atoms with van der Waals surface area (Å²) >= 11 is 5.68. The third kappa shape index (κ3) is 3.74. The van der Waals surface area contributed by atoms with Crippen molar-refractivity contribution < 1.29 is 4.79 Å². The van der Waals surface area contributed by atoms with Crippen LogP contribution in [-0.2, 0) is 4.79 Å². The van der Waals surface area contributed by atoms with Crippen LogP contribution in [0.15, 0.2) is 71.9 Å². The maximum atomic E-state index is 13.4. The number of carbonyl (C=O) groups is 1. The fraction of sp³-hybridized carbons (Fsp3) is 0.273. The molecule has 1 heterocycles. The summed E-state index contributed by atoms with van der Waals surface area (Å²) in [5, 5.41) is 4.00. The molecule has 0 bridgehead atoms. The maximum Gasteiger partial charge on any atom is 0.253 e. The molecule has 1 aliphatic rings. The van der Waals surface area contributed by atoms with Crippen LogP contribution >= 0.6 is 12.2 Å². The molecule has 3 rings (SSSR count). The van der Waals surface area contributed by atoms with Crippen molar-refractivity contribution in [3.05, 3.63) is 77.5 Å². The molecule has 1 amide bonds. The Labute approximate surface area is 166 Å². The van der Waals surface area contributed by atoms with Gasteiger partial charge in [-0.15, -0.1) is 0 Å². The van der Waals surface area contributed by atoms with Gasteiger partial charge < -0.3 is 10.2 Å². The van der Waals surface area contributed by atoms with Gasteiger partial charge in [-0.25, -0.2) is 0 Å². The summed E-state index contributed by atoms with van der Waals surface area (Å²) in [4.78, 5) is 17.2. The second-order valence-electron chi connectivity index (χ2n) is 6.44. The summed E-state index contributed by atoms with van der Waals surface area (Å²) in [5.74, 6) is 0.0438. The predicted molar refractivity (Wildman–Crippen MR) is 114 cm³/mol. The first kappa shape index (κ1) is 19.1. The van der Waals surface area contributed by atoms with Crippen LogP contribution in [0.1, 0.15) is 32.4 Å². The number of nitrogens with one attached hydrogen (secondary N) is 1. The van der Waals surface area contributed by atoms with Crippen LogP contribution < -0.4 is 10.2 Å². The molecule has 0 aromatic heterocycles. The standard InChI is InChI=1S/C22H25N3OS/c1-4-24(5-2)21(26)19-16(3)25(18-14-10-7-11-15-18)22(27)23-20(19)17-12-8-6-9-13-17/h6-15,20H,4-5H2,1-3H3,(H,23,27)/t20-/m1/s1. The molecule has 0 saturated carbocycles. The van der Waals surface area contributed by atoms with Gasteiger partial charge in [0.15, 0.2) is 5.11 Å². The van der Waals surface area contributed by atoms with E-state index in [4.69, 9.17) is 12.2 Å². The summed E-state index contributed by atoms with van der Waals surface area (Å²) in [7, 11) is 0. The molecule has 0 aliphatic carbocycles. The number of hydrogen-bond acceptors (Lipinski definition) is 2. The first-order valence-corrected chi connectivity index (χ1v) is 9.69. The third-order valence-electron chi connectivity index (χ3n) is 4.91. The molecule has 1 atom stereocenters. The van der Waals surface area contributed by atoms with E-state index >= 15 is 0 Å². The molecule has 0 spiro atoms. The lowest BCUT2D eigenvalue weighted by Crippen LogP contribution is -2.50. The minimum Gasteiger partial charge on any atom is -0.351 e. The van der Waals surface area contributed by atoms with Crippen molar-refractivity contribution in [2.24, 2.45) is 0 Å². The van der Waals surface area contributed by atoms with Gasteiger partial charge in [0.05, 0.1) is 11.6 Å². The highest BCUT2D eigenvalue weighted by Crippen LogP contribution is 2.34. The van der Waals surface area contributed by atoms with Crippen molar-refractivity contribution in [1.82, 2.24) is 10.2 Å². The monoisotopic (exact) mass is 379 g/mol. The Hall–Kier alpha value is -2.66. The van der Waals surface area contributed by atoms with E-state index in [0.29, 0.717) is 18.2 Å². The number of benzene rings is 2. The summed E-state index contributed by atoms with van der Waals surface area (Å²) in [6.07, 6.45) is 0. The lowest BCUT2D eigenvalue weighted by molar-refractivity contribution is -0.127. The second kappa shape index (κ2) is 8.35. The van der Waals surface area contributed by atoms with Crippen LogP contribution in [0.2, 0.25) is 0 Å². The molecule has 2 aromatic rings. The predicted octanol–water partition coefficient (Wildman–Crippen LogP) is 4.26. The Morgan fingerprint density at radius 3 is 2.15 bits per heavy atom. The van der Waals surface area contributed by atoms with E-state index in [9.17, 15) is 4.79 Å². The largest absolute Gasteiger partial charge is 0.351 e. The number of para-hydroxylation sites is 1. The zero-order chi connectivity index (χ0) is 19.4. The fourth-order valence-electron chi connectivity index (χ4n) is 3.48. The number of nitrogens with zero attached hydrogens (tertiary/aromatic N) is 2. The first-order valence-electron chi connectivity index (χ1n) is 9.29. The van der Waals surface area contributed by atoms with E-state index in [-0.39, 0.29) is 11.9 Å². The van der Waals surface area contributed by atoms with E-state index in [1.807, 2.05) is 91.2 Å². The van der Waals surface area contributed by atoms with Gasteiger partial charge in [-0.1, -0.05) is 48.5 Å². The summed E-state index contributed by atoms with van der Waals surface area (Å²) < 4.78 is 0. The molecule has 1 aliphatic heterocycles. The Morgan fingerprint density at radius 2 is 1.59 bits per heavy atom. The molecule has 5 heteroatoms. The third-order valence-corrected chi connectivity index (χ3v) is 5.21. The molecular formula is C22H25N3OS. The zero-order valence-electron chi connectivity index (χ0n) is 16.0. The normalized spacial score (nSPS) is 16.9. The molecule has 27 heavy (non-hydrogen) atoms. The molecular weight excluding hydrogens is 354 g/mol. The van der Waals surface area contributed by atoms with Crippen molar-refractivity contribution >= 4 is 28.9 Å². The number of rotatable bonds is 5. The van der Waals surface area contributed by atoms with Crippen molar-refractivity contribution in [3.63, 3.8) is 0 Å². The Morgan fingerprint density at radius 1 is 1.04 bits per heavy atom. The molecule has 0 saturated heterocycles. The average Bonchev–Trinajstić information content (AvgIpc) is 2.70. The van der Waals surface area contributed by atoms with Crippen molar-refractivity contribution in [2.75, 3.05) is 18.0 Å². The Bertz CT molecular complexity index is 844. The van der Waals surface area contributed by atoms with Crippen LogP contribution in [-0.4, -0.2) is 29.0 Å². The number of thiocarbonyl (C=S) groups is 1. The number of carbonyl (C=O) groups excluding carboxylic acids is 1. The van der Waals surface area contributed by atoms with Gasteiger partial charge in [-0.2, -0.15) is 0 Å². The first-order chi connectivity index (χ1) is 13.1. The van der Waals surface area contributed by atoms with E-state index in [0.717, 1.165) is 22.5 Å². The summed E-state index contributed by atoms with van der Waals surface area (Å²) in [6.45, 7) is 7.33.